The van der Waals surface area contributed by atoms with E-state index < -0.39 is 6.04 Å². The van der Waals surface area contributed by atoms with Gasteiger partial charge in [0.2, 0.25) is 5.91 Å². The average Bonchev–Trinajstić information content (AvgIpc) is 2.90. The van der Waals surface area contributed by atoms with E-state index in [1.807, 2.05) is 75.4 Å². The summed E-state index contributed by atoms with van der Waals surface area (Å²) in [5, 5.41) is 3.08. The van der Waals surface area contributed by atoms with Gasteiger partial charge in [-0.15, -0.1) is 0 Å². The van der Waals surface area contributed by atoms with Gasteiger partial charge in [0.1, 0.15) is 17.5 Å². The van der Waals surface area contributed by atoms with Crippen molar-refractivity contribution >= 4 is 11.8 Å². The third-order valence-electron chi connectivity index (χ3n) is 6.13. The van der Waals surface area contributed by atoms with Gasteiger partial charge in [-0.1, -0.05) is 67.1 Å². The quantitative estimate of drug-likeness (QED) is 0.392. The zero-order valence-electron chi connectivity index (χ0n) is 21.6. The average molecular weight is 489 g/mol. The van der Waals surface area contributed by atoms with Crippen LogP contribution >= 0.6 is 0 Å². The van der Waals surface area contributed by atoms with Gasteiger partial charge in [-0.2, -0.15) is 0 Å². The number of hydrogen-bond donors (Lipinski definition) is 1. The summed E-state index contributed by atoms with van der Waals surface area (Å²) in [5.41, 5.74) is 3.04. The summed E-state index contributed by atoms with van der Waals surface area (Å²) in [5.74, 6) is 0.842. The number of rotatable bonds is 12. The second-order valence-corrected chi connectivity index (χ2v) is 9.00. The van der Waals surface area contributed by atoms with Crippen molar-refractivity contribution in [1.82, 2.24) is 10.2 Å². The van der Waals surface area contributed by atoms with Crippen molar-refractivity contribution in [3.05, 3.63) is 95.6 Å². The molecule has 1 N–H and O–H groups in total. The smallest absolute Gasteiger partial charge is 0.261 e. The molecule has 6 heteroatoms. The normalized spacial score (nSPS) is 12.3. The van der Waals surface area contributed by atoms with Crippen LogP contribution in [0.3, 0.4) is 0 Å². The fraction of sp³-hybridized carbons (Fsp3) is 0.333. The number of aryl methyl sites for hydroxylation is 1. The minimum Gasteiger partial charge on any atom is -0.497 e. The summed E-state index contributed by atoms with van der Waals surface area (Å²) in [7, 11) is 1.60. The van der Waals surface area contributed by atoms with Crippen molar-refractivity contribution in [2.75, 3.05) is 13.7 Å². The third-order valence-corrected chi connectivity index (χ3v) is 6.13. The summed E-state index contributed by atoms with van der Waals surface area (Å²) < 4.78 is 11.0. The van der Waals surface area contributed by atoms with E-state index in [9.17, 15) is 9.59 Å². The topological polar surface area (TPSA) is 67.9 Å². The number of ether oxygens (including phenoxy) is 2. The zero-order valence-corrected chi connectivity index (χ0v) is 21.6. The predicted molar refractivity (Wildman–Crippen MR) is 142 cm³/mol. The van der Waals surface area contributed by atoms with Crippen LogP contribution in [0.25, 0.3) is 0 Å². The monoisotopic (exact) mass is 488 g/mol. The molecule has 36 heavy (non-hydrogen) atoms. The fourth-order valence-corrected chi connectivity index (χ4v) is 3.90. The van der Waals surface area contributed by atoms with Crippen LogP contribution in [0, 0.1) is 6.92 Å². The first-order valence-corrected chi connectivity index (χ1v) is 12.4. The lowest BCUT2D eigenvalue weighted by molar-refractivity contribution is -0.143. The molecule has 0 radical (unpaired) electrons. The Morgan fingerprint density at radius 1 is 0.917 bits per heavy atom. The first-order chi connectivity index (χ1) is 17.4. The molecule has 2 atom stereocenters. The zero-order chi connectivity index (χ0) is 25.9. The van der Waals surface area contributed by atoms with Gasteiger partial charge in [0, 0.05) is 19.0 Å². The van der Waals surface area contributed by atoms with Crippen LogP contribution < -0.4 is 14.8 Å². The molecule has 0 aromatic heterocycles. The van der Waals surface area contributed by atoms with E-state index in [4.69, 9.17) is 9.47 Å². The Balaban J connectivity index is 1.89. The lowest BCUT2D eigenvalue weighted by atomic mass is 10.0. The molecule has 0 fully saturated rings. The molecule has 0 aliphatic carbocycles. The van der Waals surface area contributed by atoms with Crippen LogP contribution in [-0.2, 0) is 22.6 Å². The molecule has 0 bridgehead atoms. The molecule has 190 valence electrons. The lowest BCUT2D eigenvalue weighted by Crippen LogP contribution is -2.53. The third kappa shape index (κ3) is 7.87. The molecule has 0 heterocycles. The Kier molecular flexibility index (Phi) is 9.92. The lowest BCUT2D eigenvalue weighted by Gasteiger charge is -2.32. The van der Waals surface area contributed by atoms with E-state index in [0.717, 1.165) is 23.1 Å². The summed E-state index contributed by atoms with van der Waals surface area (Å²) in [6.07, 6.45) is 1.21. The second-order valence-electron chi connectivity index (χ2n) is 9.00. The van der Waals surface area contributed by atoms with Gasteiger partial charge in [0.15, 0.2) is 6.61 Å². The van der Waals surface area contributed by atoms with Crippen molar-refractivity contribution in [3.8, 4) is 11.5 Å². The molecule has 0 saturated carbocycles. The van der Waals surface area contributed by atoms with Gasteiger partial charge < -0.3 is 19.7 Å². The number of nitrogens with one attached hydrogen (secondary N) is 1. The molecule has 3 aromatic carbocycles. The highest BCUT2D eigenvalue weighted by atomic mass is 16.5. The molecular weight excluding hydrogens is 452 g/mol. The van der Waals surface area contributed by atoms with Crippen molar-refractivity contribution < 1.29 is 19.1 Å². The number of nitrogens with zero attached hydrogens (tertiary/aromatic N) is 1. The van der Waals surface area contributed by atoms with Crippen LogP contribution in [0.2, 0.25) is 0 Å². The van der Waals surface area contributed by atoms with E-state index in [-0.39, 0.29) is 24.5 Å². The number of carbonyl (C=O) groups excluding carboxylic acids is 2. The molecule has 3 rings (SSSR count). The first-order valence-electron chi connectivity index (χ1n) is 12.4. The number of carbonyl (C=O) groups is 2. The Bertz CT molecular complexity index is 1120. The standard InChI is InChI=1S/C30H36N2O4/c1-5-23(3)31-30(34)28(19-24-11-7-6-8-12-24)32(20-25-13-9-10-22(2)18-25)29(33)21-36-27-16-14-26(35-4)15-17-27/h6-18,23,28H,5,19-21H2,1-4H3,(H,31,34). The summed E-state index contributed by atoms with van der Waals surface area (Å²) in [6, 6.07) is 24.2. The largest absolute Gasteiger partial charge is 0.497 e. The molecule has 3 aromatic rings. The molecule has 0 spiro atoms. The Morgan fingerprint density at radius 3 is 2.22 bits per heavy atom. The maximum Gasteiger partial charge on any atom is 0.261 e. The van der Waals surface area contributed by atoms with Crippen molar-refractivity contribution in [3.63, 3.8) is 0 Å². The maximum absolute atomic E-state index is 13.6. The van der Waals surface area contributed by atoms with E-state index >= 15 is 0 Å². The van der Waals surface area contributed by atoms with Crippen LogP contribution in [0.1, 0.15) is 37.0 Å². The van der Waals surface area contributed by atoms with E-state index in [2.05, 4.69) is 5.32 Å². The molecular formula is C30H36N2O4. The Hall–Kier alpha value is -3.80. The number of hydrogen-bond acceptors (Lipinski definition) is 4. The molecule has 0 saturated heterocycles. The van der Waals surface area contributed by atoms with Crippen LogP contribution in [0.4, 0.5) is 0 Å². The summed E-state index contributed by atoms with van der Waals surface area (Å²) >= 11 is 0. The highest BCUT2D eigenvalue weighted by molar-refractivity contribution is 5.88. The van der Waals surface area contributed by atoms with Gasteiger partial charge in [-0.05, 0) is 55.7 Å². The van der Waals surface area contributed by atoms with Crippen LogP contribution in [0.5, 0.6) is 11.5 Å². The minimum atomic E-state index is -0.686. The van der Waals surface area contributed by atoms with Crippen LogP contribution in [0.15, 0.2) is 78.9 Å². The molecule has 0 aliphatic rings. The predicted octanol–water partition coefficient (Wildman–Crippen LogP) is 4.94. The molecule has 2 unspecified atom stereocenters. The van der Waals surface area contributed by atoms with E-state index in [1.165, 1.54) is 0 Å². The van der Waals surface area contributed by atoms with Crippen molar-refractivity contribution in [2.45, 2.75) is 52.2 Å². The first kappa shape index (κ1) is 26.8. The number of benzene rings is 3. The van der Waals surface area contributed by atoms with E-state index in [1.54, 1.807) is 36.3 Å². The number of amides is 2. The van der Waals surface area contributed by atoms with Crippen molar-refractivity contribution in [2.24, 2.45) is 0 Å². The summed E-state index contributed by atoms with van der Waals surface area (Å²) in [4.78, 5) is 28.8. The fourth-order valence-electron chi connectivity index (χ4n) is 3.90. The van der Waals surface area contributed by atoms with Gasteiger partial charge >= 0.3 is 0 Å². The molecule has 0 aliphatic heterocycles. The van der Waals surface area contributed by atoms with E-state index in [0.29, 0.717) is 24.5 Å². The molecule has 6 nitrogen and oxygen atoms in total. The highest BCUT2D eigenvalue weighted by Gasteiger charge is 2.31. The number of methoxy groups -OCH3 is 1. The molecule has 2 amide bonds. The second kappa shape index (κ2) is 13.3. The van der Waals surface area contributed by atoms with Gasteiger partial charge in [-0.25, -0.2) is 0 Å². The summed E-state index contributed by atoms with van der Waals surface area (Å²) in [6.45, 7) is 6.13. The van der Waals surface area contributed by atoms with Crippen LogP contribution in [-0.4, -0.2) is 42.5 Å². The maximum atomic E-state index is 13.6. The van der Waals surface area contributed by atoms with Gasteiger partial charge in [-0.3, -0.25) is 9.59 Å². The Labute approximate surface area is 214 Å². The highest BCUT2D eigenvalue weighted by Crippen LogP contribution is 2.19. The van der Waals surface area contributed by atoms with Gasteiger partial charge in [0.25, 0.3) is 5.91 Å². The van der Waals surface area contributed by atoms with Gasteiger partial charge in [0.05, 0.1) is 7.11 Å². The SMILES string of the molecule is CCC(C)NC(=O)C(Cc1ccccc1)N(Cc1cccc(C)c1)C(=O)COc1ccc(OC)cc1. The minimum absolute atomic E-state index is 0.00208. The van der Waals surface area contributed by atoms with Crippen molar-refractivity contribution in [1.29, 1.82) is 0 Å². The Morgan fingerprint density at radius 2 is 1.58 bits per heavy atom.